The third kappa shape index (κ3) is 4.67. The summed E-state index contributed by atoms with van der Waals surface area (Å²) in [5, 5.41) is 4.93. The molecule has 164 valence electrons. The molecular formula is C23H25ClN2O4S. The van der Waals surface area contributed by atoms with Gasteiger partial charge in [-0.15, -0.1) is 0 Å². The summed E-state index contributed by atoms with van der Waals surface area (Å²) in [5.74, 6) is 0.124. The molecule has 0 fully saturated rings. The highest BCUT2D eigenvalue weighted by atomic mass is 35.5. The number of nitrogens with zero attached hydrogens (tertiary/aromatic N) is 2. The highest BCUT2D eigenvalue weighted by Crippen LogP contribution is 2.30. The van der Waals surface area contributed by atoms with Crippen LogP contribution in [0, 0.1) is 20.8 Å². The van der Waals surface area contributed by atoms with Crippen molar-refractivity contribution in [3.63, 3.8) is 0 Å². The number of carbonyl (C=O) groups excluding carboxylic acids is 1. The highest BCUT2D eigenvalue weighted by molar-refractivity contribution is 7.90. The number of benzene rings is 2. The number of aromatic nitrogens is 2. The van der Waals surface area contributed by atoms with E-state index in [-0.39, 0.29) is 17.3 Å². The molecule has 3 aromatic rings. The van der Waals surface area contributed by atoms with Gasteiger partial charge in [0.1, 0.15) is 12.2 Å². The van der Waals surface area contributed by atoms with Gasteiger partial charge in [-0.25, -0.2) is 13.1 Å². The van der Waals surface area contributed by atoms with Gasteiger partial charge in [0, 0.05) is 23.4 Å². The molecule has 0 atom stereocenters. The Morgan fingerprint density at radius 2 is 1.74 bits per heavy atom. The number of hydrogen-bond acceptors (Lipinski definition) is 5. The summed E-state index contributed by atoms with van der Waals surface area (Å²) in [6.45, 7) is 7.89. The summed E-state index contributed by atoms with van der Waals surface area (Å²) in [7, 11) is -3.41. The monoisotopic (exact) mass is 460 g/mol. The Hall–Kier alpha value is -2.64. The van der Waals surface area contributed by atoms with Gasteiger partial charge < -0.3 is 4.74 Å². The molecule has 2 aromatic carbocycles. The number of aryl methyl sites for hydroxylation is 2. The molecule has 0 aliphatic carbocycles. The Morgan fingerprint density at radius 3 is 2.32 bits per heavy atom. The van der Waals surface area contributed by atoms with E-state index in [0.29, 0.717) is 45.3 Å². The first kappa shape index (κ1) is 23.0. The van der Waals surface area contributed by atoms with Crippen molar-refractivity contribution in [2.45, 2.75) is 45.7 Å². The van der Waals surface area contributed by atoms with Gasteiger partial charge in [0.05, 0.1) is 11.1 Å². The van der Waals surface area contributed by atoms with Crippen molar-refractivity contribution in [1.29, 1.82) is 0 Å². The molecule has 0 unspecified atom stereocenters. The van der Waals surface area contributed by atoms with Crippen LogP contribution >= 0.6 is 11.6 Å². The molecule has 6 nitrogen and oxygen atoms in total. The van der Waals surface area contributed by atoms with E-state index < -0.39 is 9.84 Å². The van der Waals surface area contributed by atoms with E-state index in [4.69, 9.17) is 16.3 Å². The van der Waals surface area contributed by atoms with Crippen LogP contribution in [0.15, 0.2) is 41.4 Å². The van der Waals surface area contributed by atoms with Gasteiger partial charge in [-0.2, -0.15) is 5.10 Å². The standard InChI is InChI=1S/C23H25ClN2O4S/c1-6-26-23(30-13-17-7-9-18(24)10-8-17)20(12-25-26)21(27)19-11-14(2)22(31(5,28)29)16(4)15(19)3/h7-12H,6,13H2,1-5H3. The van der Waals surface area contributed by atoms with Crippen molar-refractivity contribution in [3.8, 4) is 5.88 Å². The predicted octanol–water partition coefficient (Wildman–Crippen LogP) is 4.70. The Kier molecular flexibility index (Phi) is 6.57. The lowest BCUT2D eigenvalue weighted by atomic mass is 9.95. The molecule has 0 bridgehead atoms. The van der Waals surface area contributed by atoms with Crippen LogP contribution in [0.1, 0.15) is 45.1 Å². The third-order valence-corrected chi connectivity index (χ3v) is 6.89. The van der Waals surface area contributed by atoms with Crippen LogP contribution in [0.25, 0.3) is 0 Å². The first-order valence-electron chi connectivity index (χ1n) is 9.83. The van der Waals surface area contributed by atoms with E-state index in [2.05, 4.69) is 5.10 Å². The number of carbonyl (C=O) groups is 1. The predicted molar refractivity (Wildman–Crippen MR) is 121 cm³/mol. The van der Waals surface area contributed by atoms with Crippen LogP contribution in [0.2, 0.25) is 5.02 Å². The fourth-order valence-corrected chi connectivity index (χ4v) is 5.13. The van der Waals surface area contributed by atoms with E-state index in [1.54, 1.807) is 43.7 Å². The largest absolute Gasteiger partial charge is 0.472 e. The zero-order chi connectivity index (χ0) is 22.9. The van der Waals surface area contributed by atoms with Crippen LogP contribution in [0.5, 0.6) is 5.88 Å². The van der Waals surface area contributed by atoms with Crippen molar-refractivity contribution in [1.82, 2.24) is 9.78 Å². The van der Waals surface area contributed by atoms with Crippen molar-refractivity contribution < 1.29 is 17.9 Å². The molecule has 0 N–H and O–H groups in total. The van der Waals surface area contributed by atoms with E-state index in [1.165, 1.54) is 12.5 Å². The summed E-state index contributed by atoms with van der Waals surface area (Å²) in [6, 6.07) is 8.91. The van der Waals surface area contributed by atoms with Crippen molar-refractivity contribution >= 4 is 27.2 Å². The molecule has 1 aromatic heterocycles. The van der Waals surface area contributed by atoms with Gasteiger partial charge in [-0.05, 0) is 68.1 Å². The summed E-state index contributed by atoms with van der Waals surface area (Å²) in [6.07, 6.45) is 2.68. The normalized spacial score (nSPS) is 11.5. The first-order chi connectivity index (χ1) is 14.5. The summed E-state index contributed by atoms with van der Waals surface area (Å²) in [4.78, 5) is 13.7. The topological polar surface area (TPSA) is 78.3 Å². The third-order valence-electron chi connectivity index (χ3n) is 5.27. The molecule has 8 heteroatoms. The molecule has 0 radical (unpaired) electrons. The fourth-order valence-electron chi connectivity index (χ4n) is 3.65. The zero-order valence-corrected chi connectivity index (χ0v) is 19.8. The molecule has 0 aliphatic heterocycles. The SMILES string of the molecule is CCn1ncc(C(=O)c2cc(C)c(S(C)(=O)=O)c(C)c2C)c1OCc1ccc(Cl)cc1. The van der Waals surface area contributed by atoms with Gasteiger partial charge in [0.2, 0.25) is 5.88 Å². The van der Waals surface area contributed by atoms with Crippen LogP contribution in [-0.4, -0.2) is 30.2 Å². The van der Waals surface area contributed by atoms with Gasteiger partial charge in [-0.3, -0.25) is 4.79 Å². The van der Waals surface area contributed by atoms with Crippen molar-refractivity contribution in [2.24, 2.45) is 0 Å². The van der Waals surface area contributed by atoms with Gasteiger partial charge in [-0.1, -0.05) is 23.7 Å². The van der Waals surface area contributed by atoms with Crippen LogP contribution in [-0.2, 0) is 23.0 Å². The number of ketones is 1. The second-order valence-electron chi connectivity index (χ2n) is 7.52. The quantitative estimate of drug-likeness (QED) is 0.478. The minimum atomic E-state index is -3.41. The summed E-state index contributed by atoms with van der Waals surface area (Å²) < 4.78 is 32.0. The maximum atomic E-state index is 13.4. The van der Waals surface area contributed by atoms with E-state index in [0.717, 1.165) is 5.56 Å². The highest BCUT2D eigenvalue weighted by Gasteiger charge is 2.25. The Morgan fingerprint density at radius 1 is 1.10 bits per heavy atom. The summed E-state index contributed by atoms with van der Waals surface area (Å²) >= 11 is 5.94. The average Bonchev–Trinajstić information content (AvgIpc) is 3.11. The van der Waals surface area contributed by atoms with Crippen LogP contribution in [0.4, 0.5) is 0 Å². The number of rotatable bonds is 7. The first-order valence-corrected chi connectivity index (χ1v) is 12.1. The molecular weight excluding hydrogens is 436 g/mol. The van der Waals surface area contributed by atoms with E-state index in [1.807, 2.05) is 19.1 Å². The van der Waals surface area contributed by atoms with Gasteiger partial charge in [0.25, 0.3) is 0 Å². The molecule has 3 rings (SSSR count). The lowest BCUT2D eigenvalue weighted by molar-refractivity contribution is 0.103. The number of ether oxygens (including phenoxy) is 1. The molecule has 0 spiro atoms. The van der Waals surface area contributed by atoms with Crippen LogP contribution < -0.4 is 4.74 Å². The lowest BCUT2D eigenvalue weighted by Gasteiger charge is -2.15. The van der Waals surface area contributed by atoms with Gasteiger partial charge in [0.15, 0.2) is 15.6 Å². The molecule has 0 aliphatic rings. The summed E-state index contributed by atoms with van der Waals surface area (Å²) in [5.41, 5.74) is 3.44. The molecule has 0 saturated carbocycles. The maximum Gasteiger partial charge on any atom is 0.223 e. The zero-order valence-electron chi connectivity index (χ0n) is 18.2. The second-order valence-corrected chi connectivity index (χ2v) is 9.90. The van der Waals surface area contributed by atoms with Gasteiger partial charge >= 0.3 is 0 Å². The molecule has 1 heterocycles. The minimum Gasteiger partial charge on any atom is -0.472 e. The number of sulfone groups is 1. The number of halogens is 1. The molecule has 0 amide bonds. The van der Waals surface area contributed by atoms with Crippen molar-refractivity contribution in [2.75, 3.05) is 6.26 Å². The average molecular weight is 461 g/mol. The van der Waals surface area contributed by atoms with Crippen molar-refractivity contribution in [3.05, 3.63) is 74.9 Å². The molecule has 31 heavy (non-hydrogen) atoms. The molecule has 0 saturated heterocycles. The lowest BCUT2D eigenvalue weighted by Crippen LogP contribution is -2.12. The fraction of sp³-hybridized carbons (Fsp3) is 0.304. The second kappa shape index (κ2) is 8.85. The smallest absolute Gasteiger partial charge is 0.223 e. The number of hydrogen-bond donors (Lipinski definition) is 0. The van der Waals surface area contributed by atoms with E-state index in [9.17, 15) is 13.2 Å². The maximum absolute atomic E-state index is 13.4. The van der Waals surface area contributed by atoms with Crippen LogP contribution in [0.3, 0.4) is 0 Å². The van der Waals surface area contributed by atoms with E-state index >= 15 is 0 Å². The Labute approximate surface area is 187 Å². The minimum absolute atomic E-state index is 0.255. The Bertz CT molecular complexity index is 1250. The Balaban J connectivity index is 2.01.